The quantitative estimate of drug-likeness (QED) is 0.216. The van der Waals surface area contributed by atoms with Crippen LogP contribution < -0.4 is 15.1 Å². The van der Waals surface area contributed by atoms with E-state index in [1.807, 2.05) is 6.07 Å². The van der Waals surface area contributed by atoms with Gasteiger partial charge in [0.2, 0.25) is 0 Å². The highest BCUT2D eigenvalue weighted by atomic mass is 35.5. The number of amides is 1. The summed E-state index contributed by atoms with van der Waals surface area (Å²) >= 11 is 9.56. The molecule has 0 radical (unpaired) electrons. The Bertz CT molecular complexity index is 1560. The second kappa shape index (κ2) is 10.7. The van der Waals surface area contributed by atoms with E-state index in [1.165, 1.54) is 18.2 Å². The molecule has 1 aromatic heterocycles. The molecule has 0 bridgehead atoms. The van der Waals surface area contributed by atoms with Crippen LogP contribution in [0.2, 0.25) is 10.0 Å². The van der Waals surface area contributed by atoms with E-state index in [2.05, 4.69) is 5.32 Å². The molecular weight excluding hydrogens is 550 g/mol. The number of furan rings is 1. The molecule has 1 amide bonds. The van der Waals surface area contributed by atoms with Gasteiger partial charge in [0.1, 0.15) is 11.3 Å². The van der Waals surface area contributed by atoms with Crippen LogP contribution in [0.3, 0.4) is 0 Å². The standard InChI is InChI=1S/C26H23BCl2N2O6S/c1-30-26(32)24-20-12-19(14-2-3-14)16(10-23(20)37-25(24)15-4-6-17(28)7-5-15)13-31(38(35)36)18-8-9-21(27(33)34)22(29)11-18/h4-12,14,33-34H,2-3,13H2,1H3,(H,30,32)(H,35,36)/p-1. The first-order chi connectivity index (χ1) is 18.2. The maximum atomic E-state index is 13.0. The van der Waals surface area contributed by atoms with Crippen molar-refractivity contribution in [2.45, 2.75) is 25.3 Å². The van der Waals surface area contributed by atoms with Crippen molar-refractivity contribution in [3.8, 4) is 11.3 Å². The molecule has 1 saturated carbocycles. The van der Waals surface area contributed by atoms with Crippen LogP contribution in [0.4, 0.5) is 5.69 Å². The molecule has 1 unspecified atom stereocenters. The highest BCUT2D eigenvalue weighted by Crippen LogP contribution is 2.45. The second-order valence-electron chi connectivity index (χ2n) is 9.05. The van der Waals surface area contributed by atoms with Crippen molar-refractivity contribution in [3.63, 3.8) is 0 Å². The molecule has 3 N–H and O–H groups in total. The summed E-state index contributed by atoms with van der Waals surface area (Å²) in [6, 6.07) is 14.9. The first kappa shape index (κ1) is 26.7. The van der Waals surface area contributed by atoms with Crippen LogP contribution in [0, 0.1) is 0 Å². The summed E-state index contributed by atoms with van der Waals surface area (Å²) < 4.78 is 31.9. The van der Waals surface area contributed by atoms with Crippen LogP contribution in [0.25, 0.3) is 22.3 Å². The van der Waals surface area contributed by atoms with Gasteiger partial charge in [-0.3, -0.25) is 13.3 Å². The summed E-state index contributed by atoms with van der Waals surface area (Å²) in [5.41, 5.74) is 3.53. The largest absolute Gasteiger partial charge is 0.755 e. The molecule has 0 saturated heterocycles. The number of carbonyl (C=O) groups excluding carboxylic acids is 1. The maximum Gasteiger partial charge on any atom is 0.489 e. The fourth-order valence-electron chi connectivity index (χ4n) is 4.53. The molecule has 12 heteroatoms. The van der Waals surface area contributed by atoms with E-state index < -0.39 is 18.4 Å². The molecule has 1 heterocycles. The number of fused-ring (bicyclic) bond motifs is 1. The van der Waals surface area contributed by atoms with Crippen molar-refractivity contribution in [1.82, 2.24) is 5.32 Å². The fraction of sp³-hybridized carbons (Fsp3) is 0.192. The molecule has 5 rings (SSSR count). The van der Waals surface area contributed by atoms with Crippen LogP contribution in [0.5, 0.6) is 0 Å². The van der Waals surface area contributed by atoms with Gasteiger partial charge in [0.15, 0.2) is 0 Å². The minimum absolute atomic E-state index is 0.0124. The van der Waals surface area contributed by atoms with Crippen molar-refractivity contribution < 1.29 is 28.0 Å². The second-order valence-corrected chi connectivity index (χ2v) is 10.8. The SMILES string of the molecule is CNC(=O)c1c(-c2ccc(Cl)cc2)oc2cc(CN(c3ccc(B(O)O)c(Cl)c3)S(=O)[O-])c(C3CC3)cc12. The molecule has 3 aromatic carbocycles. The molecule has 1 atom stereocenters. The monoisotopic (exact) mass is 571 g/mol. The minimum Gasteiger partial charge on any atom is -0.755 e. The summed E-state index contributed by atoms with van der Waals surface area (Å²) in [5.74, 6) is 0.327. The van der Waals surface area contributed by atoms with E-state index in [9.17, 15) is 23.6 Å². The summed E-state index contributed by atoms with van der Waals surface area (Å²) in [6.07, 6.45) is 1.90. The van der Waals surface area contributed by atoms with E-state index in [1.54, 1.807) is 37.4 Å². The third kappa shape index (κ3) is 5.20. The maximum absolute atomic E-state index is 13.0. The van der Waals surface area contributed by atoms with Gasteiger partial charge in [0.05, 0.1) is 17.8 Å². The Hall–Kier alpha value is -2.86. The number of nitrogens with zero attached hydrogens (tertiary/aromatic N) is 1. The minimum atomic E-state index is -2.66. The average Bonchev–Trinajstić information content (AvgIpc) is 3.66. The Labute approximate surface area is 231 Å². The predicted molar refractivity (Wildman–Crippen MR) is 148 cm³/mol. The number of rotatable bonds is 8. The molecule has 0 spiro atoms. The Kier molecular flexibility index (Phi) is 7.55. The van der Waals surface area contributed by atoms with E-state index in [0.717, 1.165) is 28.3 Å². The average molecular weight is 572 g/mol. The first-order valence-corrected chi connectivity index (χ1v) is 13.6. The number of halogens is 2. The lowest BCUT2D eigenvalue weighted by molar-refractivity contribution is 0.0964. The van der Waals surface area contributed by atoms with Crippen LogP contribution in [0.15, 0.2) is 59.0 Å². The molecular formula is C26H22BCl2N2O6S-. The summed E-state index contributed by atoms with van der Waals surface area (Å²) in [7, 11) is -0.230. The van der Waals surface area contributed by atoms with Gasteiger partial charge in [-0.25, -0.2) is 0 Å². The van der Waals surface area contributed by atoms with Crippen molar-refractivity contribution >= 4 is 69.6 Å². The molecule has 0 aliphatic heterocycles. The third-order valence-corrected chi connectivity index (χ3v) is 7.85. The lowest BCUT2D eigenvalue weighted by atomic mass is 9.80. The topological polar surface area (TPSA) is 126 Å². The molecule has 4 aromatic rings. The van der Waals surface area contributed by atoms with Crippen LogP contribution in [-0.4, -0.2) is 38.9 Å². The fourth-order valence-corrected chi connectivity index (χ4v) is 5.46. The lowest BCUT2D eigenvalue weighted by Gasteiger charge is -2.28. The van der Waals surface area contributed by atoms with Crippen molar-refractivity contribution in [2.75, 3.05) is 11.4 Å². The van der Waals surface area contributed by atoms with Crippen LogP contribution in [0.1, 0.15) is 40.2 Å². The summed E-state index contributed by atoms with van der Waals surface area (Å²) in [4.78, 5) is 13.0. The smallest absolute Gasteiger partial charge is 0.489 e. The van der Waals surface area contributed by atoms with E-state index in [0.29, 0.717) is 32.9 Å². The molecule has 38 heavy (non-hydrogen) atoms. The van der Waals surface area contributed by atoms with Gasteiger partial charge in [0, 0.05) is 44.8 Å². The number of nitrogens with one attached hydrogen (secondary N) is 1. The number of carbonyl (C=O) groups is 1. The van der Waals surface area contributed by atoms with Gasteiger partial charge < -0.3 is 24.3 Å². The summed E-state index contributed by atoms with van der Waals surface area (Å²) in [6.45, 7) is -0.0124. The van der Waals surface area contributed by atoms with Crippen LogP contribution in [-0.2, 0) is 17.8 Å². The van der Waals surface area contributed by atoms with Crippen molar-refractivity contribution in [2.24, 2.45) is 0 Å². The Morgan fingerprint density at radius 2 is 1.87 bits per heavy atom. The number of hydrogen-bond acceptors (Lipinski definition) is 6. The zero-order chi connectivity index (χ0) is 27.1. The normalized spacial score (nSPS) is 13.9. The van der Waals surface area contributed by atoms with Gasteiger partial charge >= 0.3 is 7.12 Å². The molecule has 8 nitrogen and oxygen atoms in total. The van der Waals surface area contributed by atoms with Crippen molar-refractivity contribution in [1.29, 1.82) is 0 Å². The zero-order valence-corrected chi connectivity index (χ0v) is 22.4. The number of hydrogen-bond donors (Lipinski definition) is 3. The van der Waals surface area contributed by atoms with Gasteiger partial charge in [-0.2, -0.15) is 0 Å². The van der Waals surface area contributed by atoms with Gasteiger partial charge in [-0.05, 0) is 78.4 Å². The third-order valence-electron chi connectivity index (χ3n) is 6.57. The lowest BCUT2D eigenvalue weighted by Crippen LogP contribution is -2.32. The molecule has 1 aliphatic rings. The first-order valence-electron chi connectivity index (χ1n) is 11.8. The van der Waals surface area contributed by atoms with E-state index >= 15 is 0 Å². The van der Waals surface area contributed by atoms with E-state index in [-0.39, 0.29) is 34.5 Å². The van der Waals surface area contributed by atoms with Crippen molar-refractivity contribution in [3.05, 3.63) is 81.3 Å². The number of anilines is 1. The molecule has 1 aliphatic carbocycles. The Balaban J connectivity index is 1.63. The summed E-state index contributed by atoms with van der Waals surface area (Å²) in [5, 5.41) is 22.8. The Morgan fingerprint density at radius 3 is 2.45 bits per heavy atom. The highest BCUT2D eigenvalue weighted by Gasteiger charge is 2.30. The van der Waals surface area contributed by atoms with Gasteiger partial charge in [-0.1, -0.05) is 29.3 Å². The van der Waals surface area contributed by atoms with Gasteiger partial charge in [-0.15, -0.1) is 0 Å². The Morgan fingerprint density at radius 1 is 1.16 bits per heavy atom. The van der Waals surface area contributed by atoms with Gasteiger partial charge in [0.25, 0.3) is 5.91 Å². The van der Waals surface area contributed by atoms with Crippen LogP contribution >= 0.6 is 23.2 Å². The zero-order valence-electron chi connectivity index (χ0n) is 20.1. The number of benzene rings is 3. The highest BCUT2D eigenvalue weighted by molar-refractivity contribution is 7.80. The predicted octanol–water partition coefficient (Wildman–Crippen LogP) is 4.12. The molecule has 196 valence electrons. The van der Waals surface area contributed by atoms with E-state index in [4.69, 9.17) is 27.6 Å². The molecule has 1 fully saturated rings.